The van der Waals surface area contributed by atoms with Crippen molar-refractivity contribution >= 4 is 17.8 Å². The lowest BCUT2D eigenvalue weighted by Gasteiger charge is -2.27. The quantitative estimate of drug-likeness (QED) is 0.365. The van der Waals surface area contributed by atoms with Gasteiger partial charge in [0.15, 0.2) is 0 Å². The summed E-state index contributed by atoms with van der Waals surface area (Å²) in [7, 11) is 0. The first-order chi connectivity index (χ1) is 13.6. The molecule has 0 aliphatic heterocycles. The van der Waals surface area contributed by atoms with E-state index in [1.54, 1.807) is 20.8 Å². The lowest BCUT2D eigenvalue weighted by atomic mass is 9.96. The molecule has 6 N–H and O–H groups in total. The summed E-state index contributed by atoms with van der Waals surface area (Å²) in [5.41, 5.74) is 6.84. The van der Waals surface area contributed by atoms with E-state index >= 15 is 0 Å². The Bertz CT molecular complexity index is 680. The molecule has 2 amide bonds. The number of carboxylic acid groups (broad SMARTS) is 1. The summed E-state index contributed by atoms with van der Waals surface area (Å²) in [5, 5.41) is 24.7. The van der Waals surface area contributed by atoms with Gasteiger partial charge in [-0.3, -0.25) is 9.59 Å². The minimum atomic E-state index is -1.51. The van der Waals surface area contributed by atoms with E-state index in [0.717, 1.165) is 5.56 Å². The van der Waals surface area contributed by atoms with Crippen LogP contribution in [0.5, 0.6) is 0 Å². The van der Waals surface area contributed by atoms with Crippen molar-refractivity contribution in [2.75, 3.05) is 0 Å². The van der Waals surface area contributed by atoms with E-state index in [-0.39, 0.29) is 11.8 Å². The molecule has 8 heteroatoms. The molecule has 0 unspecified atom stereocenters. The smallest absolute Gasteiger partial charge is 0.326 e. The molecule has 0 radical (unpaired) electrons. The molecule has 0 bridgehead atoms. The minimum absolute atomic E-state index is 0.273. The highest BCUT2D eigenvalue weighted by atomic mass is 16.4. The van der Waals surface area contributed by atoms with Crippen molar-refractivity contribution in [3.05, 3.63) is 35.9 Å². The highest BCUT2D eigenvalue weighted by Gasteiger charge is 2.33. The third-order valence-corrected chi connectivity index (χ3v) is 5.01. The molecule has 0 heterocycles. The molecular formula is C21H33N3O5. The SMILES string of the molecule is CC[C@H](C)[C@H](NC(=O)[C@@H](NC(=O)[C@@H](O)[C@H](N)Cc1ccccc1)C(C)C)C(=O)O. The second-order valence-electron chi connectivity index (χ2n) is 7.74. The number of hydrogen-bond donors (Lipinski definition) is 5. The van der Waals surface area contributed by atoms with E-state index in [2.05, 4.69) is 10.6 Å². The molecule has 0 aliphatic carbocycles. The van der Waals surface area contributed by atoms with Crippen LogP contribution in [0.25, 0.3) is 0 Å². The fourth-order valence-electron chi connectivity index (χ4n) is 2.89. The number of nitrogens with two attached hydrogens (primary N) is 1. The number of rotatable bonds is 11. The zero-order valence-corrected chi connectivity index (χ0v) is 17.5. The van der Waals surface area contributed by atoms with Gasteiger partial charge in [0.05, 0.1) is 0 Å². The monoisotopic (exact) mass is 407 g/mol. The lowest BCUT2D eigenvalue weighted by molar-refractivity contribution is -0.144. The highest BCUT2D eigenvalue weighted by Crippen LogP contribution is 2.11. The summed E-state index contributed by atoms with van der Waals surface area (Å²) in [6.07, 6.45) is -0.638. The third kappa shape index (κ3) is 7.47. The van der Waals surface area contributed by atoms with Gasteiger partial charge < -0.3 is 26.6 Å². The Hall–Kier alpha value is -2.45. The molecule has 1 aromatic carbocycles. The molecule has 0 saturated heterocycles. The van der Waals surface area contributed by atoms with E-state index < -0.39 is 42.0 Å². The molecule has 0 saturated carbocycles. The first-order valence-electron chi connectivity index (χ1n) is 9.89. The Labute approximate surface area is 171 Å². The second-order valence-corrected chi connectivity index (χ2v) is 7.74. The average molecular weight is 408 g/mol. The van der Waals surface area contributed by atoms with Crippen molar-refractivity contribution in [2.24, 2.45) is 17.6 Å². The van der Waals surface area contributed by atoms with Gasteiger partial charge in [-0.2, -0.15) is 0 Å². The van der Waals surface area contributed by atoms with Gasteiger partial charge in [-0.25, -0.2) is 4.79 Å². The third-order valence-electron chi connectivity index (χ3n) is 5.01. The van der Waals surface area contributed by atoms with Gasteiger partial charge in [0.2, 0.25) is 5.91 Å². The number of hydrogen-bond acceptors (Lipinski definition) is 5. The summed E-state index contributed by atoms with van der Waals surface area (Å²) in [4.78, 5) is 36.6. The molecule has 0 fully saturated rings. The van der Waals surface area contributed by atoms with E-state index in [0.29, 0.717) is 12.8 Å². The molecule has 29 heavy (non-hydrogen) atoms. The van der Waals surface area contributed by atoms with Crippen LogP contribution in [0.3, 0.4) is 0 Å². The van der Waals surface area contributed by atoms with Crippen molar-refractivity contribution < 1.29 is 24.6 Å². The number of aliphatic carboxylic acids is 1. The predicted octanol–water partition coefficient (Wildman–Crippen LogP) is 0.674. The van der Waals surface area contributed by atoms with Crippen molar-refractivity contribution in [3.63, 3.8) is 0 Å². The van der Waals surface area contributed by atoms with Gasteiger partial charge in [0.1, 0.15) is 18.2 Å². The summed E-state index contributed by atoms with van der Waals surface area (Å²) in [5.74, 6) is -3.10. The maximum absolute atomic E-state index is 12.6. The van der Waals surface area contributed by atoms with Gasteiger partial charge in [-0.1, -0.05) is 64.4 Å². The molecular weight excluding hydrogens is 374 g/mol. The molecule has 162 valence electrons. The lowest BCUT2D eigenvalue weighted by Crippen LogP contribution is -2.58. The number of amides is 2. The maximum atomic E-state index is 12.6. The molecule has 5 atom stereocenters. The number of nitrogens with one attached hydrogen (secondary N) is 2. The van der Waals surface area contributed by atoms with E-state index in [1.807, 2.05) is 37.3 Å². The van der Waals surface area contributed by atoms with Crippen LogP contribution in [0.4, 0.5) is 0 Å². The largest absolute Gasteiger partial charge is 0.480 e. The van der Waals surface area contributed by atoms with Crippen molar-refractivity contribution in [3.8, 4) is 0 Å². The van der Waals surface area contributed by atoms with Crippen LogP contribution in [0.2, 0.25) is 0 Å². The molecule has 1 aromatic rings. The van der Waals surface area contributed by atoms with E-state index in [4.69, 9.17) is 5.73 Å². The number of carbonyl (C=O) groups excluding carboxylic acids is 2. The minimum Gasteiger partial charge on any atom is -0.480 e. The standard InChI is InChI=1S/C21H33N3O5/c1-5-13(4)17(21(28)29)24-19(26)16(12(2)3)23-20(27)18(25)15(22)11-14-9-7-6-8-10-14/h6-10,12-13,15-18,25H,5,11,22H2,1-4H3,(H,23,27)(H,24,26)(H,28,29)/t13-,15+,16-,17-,18-/m0/s1. The number of aliphatic hydroxyl groups is 1. The molecule has 0 aliphatic rings. The molecule has 0 spiro atoms. The van der Waals surface area contributed by atoms with E-state index in [9.17, 15) is 24.6 Å². The summed E-state index contributed by atoms with van der Waals surface area (Å²) >= 11 is 0. The van der Waals surface area contributed by atoms with E-state index in [1.165, 1.54) is 0 Å². The molecule has 8 nitrogen and oxygen atoms in total. The Kier molecular flexibility index (Phi) is 9.77. The average Bonchev–Trinajstić information content (AvgIpc) is 2.68. The first-order valence-corrected chi connectivity index (χ1v) is 9.89. The number of benzene rings is 1. The summed E-state index contributed by atoms with van der Waals surface area (Å²) in [6.45, 7) is 7.01. The van der Waals surface area contributed by atoms with Gasteiger partial charge in [0, 0.05) is 6.04 Å². The van der Waals surface area contributed by atoms with Gasteiger partial charge in [-0.15, -0.1) is 0 Å². The second kappa shape index (κ2) is 11.5. The van der Waals surface area contributed by atoms with Crippen molar-refractivity contribution in [1.29, 1.82) is 0 Å². The van der Waals surface area contributed by atoms with Crippen LogP contribution in [0, 0.1) is 11.8 Å². The fraction of sp³-hybridized carbons (Fsp3) is 0.571. The Morgan fingerprint density at radius 3 is 2.03 bits per heavy atom. The Morgan fingerprint density at radius 2 is 1.55 bits per heavy atom. The predicted molar refractivity (Wildman–Crippen MR) is 110 cm³/mol. The zero-order chi connectivity index (χ0) is 22.1. The van der Waals surface area contributed by atoms with Crippen LogP contribution in [0.15, 0.2) is 30.3 Å². The maximum Gasteiger partial charge on any atom is 0.326 e. The zero-order valence-electron chi connectivity index (χ0n) is 17.5. The summed E-state index contributed by atoms with van der Waals surface area (Å²) < 4.78 is 0. The highest BCUT2D eigenvalue weighted by molar-refractivity contribution is 5.91. The van der Waals surface area contributed by atoms with Gasteiger partial charge in [0.25, 0.3) is 5.91 Å². The van der Waals surface area contributed by atoms with Crippen LogP contribution in [0.1, 0.15) is 39.7 Å². The van der Waals surface area contributed by atoms with Crippen LogP contribution in [-0.4, -0.2) is 52.2 Å². The van der Waals surface area contributed by atoms with Crippen LogP contribution in [-0.2, 0) is 20.8 Å². The number of carboxylic acids is 1. The van der Waals surface area contributed by atoms with Crippen LogP contribution >= 0.6 is 0 Å². The normalized spacial score (nSPS) is 16.4. The number of carbonyl (C=O) groups is 3. The van der Waals surface area contributed by atoms with Gasteiger partial charge in [-0.05, 0) is 23.8 Å². The molecule has 1 rings (SSSR count). The number of aliphatic hydroxyl groups excluding tert-OH is 1. The van der Waals surface area contributed by atoms with Crippen molar-refractivity contribution in [1.82, 2.24) is 10.6 Å². The summed E-state index contributed by atoms with van der Waals surface area (Å²) in [6, 6.07) is 6.32. The van der Waals surface area contributed by atoms with Gasteiger partial charge >= 0.3 is 5.97 Å². The molecule has 0 aromatic heterocycles. The topological polar surface area (TPSA) is 142 Å². The first kappa shape index (κ1) is 24.6. The van der Waals surface area contributed by atoms with Crippen molar-refractivity contribution in [2.45, 2.75) is 64.8 Å². The Morgan fingerprint density at radius 1 is 1.00 bits per heavy atom. The Balaban J connectivity index is 2.79. The van der Waals surface area contributed by atoms with Crippen LogP contribution < -0.4 is 16.4 Å². The fourth-order valence-corrected chi connectivity index (χ4v) is 2.89.